The second-order valence-electron chi connectivity index (χ2n) is 9.38. The van der Waals surface area contributed by atoms with Crippen molar-refractivity contribution in [3.05, 3.63) is 47.7 Å². The molecule has 1 unspecified atom stereocenters. The summed E-state index contributed by atoms with van der Waals surface area (Å²) >= 11 is 0. The zero-order chi connectivity index (χ0) is 27.8. The van der Waals surface area contributed by atoms with Gasteiger partial charge >= 0.3 is 6.09 Å². The van der Waals surface area contributed by atoms with Gasteiger partial charge in [-0.3, -0.25) is 9.88 Å². The molecule has 2 aromatic carbocycles. The summed E-state index contributed by atoms with van der Waals surface area (Å²) in [5.41, 5.74) is 3.19. The molecular formula is C30H41N3O5. The summed E-state index contributed by atoms with van der Waals surface area (Å²) in [7, 11) is 3.18. The van der Waals surface area contributed by atoms with Crippen molar-refractivity contribution in [1.82, 2.24) is 9.88 Å². The zero-order valence-corrected chi connectivity index (χ0v) is 23.7. The summed E-state index contributed by atoms with van der Waals surface area (Å²) < 4.78 is 17.3. The highest BCUT2D eigenvalue weighted by Gasteiger charge is 2.27. The standard InChI is InChI=1S/C30H41N3O5/c1-8-11-22(15-17-32(9-2)10-3)33(30(34)35)25-12-13-26(21(5)20(25)4)38-27-14-16-31-24-19-29(37-7)28(36-6)18-23(24)27/h12-14,16,18-19,22H,8-11,15,17H2,1-7H3,(H,34,35). The molecular weight excluding hydrogens is 482 g/mol. The second-order valence-corrected chi connectivity index (χ2v) is 9.38. The molecule has 0 aliphatic heterocycles. The first-order chi connectivity index (χ1) is 18.3. The number of carbonyl (C=O) groups is 1. The predicted molar refractivity (Wildman–Crippen MR) is 152 cm³/mol. The van der Waals surface area contributed by atoms with Crippen molar-refractivity contribution in [2.75, 3.05) is 38.8 Å². The van der Waals surface area contributed by atoms with Gasteiger partial charge in [0, 0.05) is 30.2 Å². The van der Waals surface area contributed by atoms with E-state index in [1.807, 2.05) is 44.2 Å². The van der Waals surface area contributed by atoms with E-state index >= 15 is 0 Å². The Morgan fingerprint density at radius 3 is 2.21 bits per heavy atom. The van der Waals surface area contributed by atoms with Gasteiger partial charge in [0.2, 0.25) is 0 Å². The van der Waals surface area contributed by atoms with Crippen molar-refractivity contribution in [3.63, 3.8) is 0 Å². The van der Waals surface area contributed by atoms with E-state index in [1.165, 1.54) is 0 Å². The molecule has 1 heterocycles. The lowest BCUT2D eigenvalue weighted by Crippen LogP contribution is -2.42. The first-order valence-electron chi connectivity index (χ1n) is 13.3. The summed E-state index contributed by atoms with van der Waals surface area (Å²) in [5.74, 6) is 2.47. The normalized spacial score (nSPS) is 12.0. The minimum atomic E-state index is -0.930. The smallest absolute Gasteiger partial charge is 0.412 e. The predicted octanol–water partition coefficient (Wildman–Crippen LogP) is 7.05. The Labute approximate surface area is 226 Å². The maximum atomic E-state index is 12.6. The van der Waals surface area contributed by atoms with Gasteiger partial charge in [0.1, 0.15) is 11.5 Å². The molecule has 1 atom stereocenters. The van der Waals surface area contributed by atoms with E-state index in [1.54, 1.807) is 25.3 Å². The van der Waals surface area contributed by atoms with Gasteiger partial charge in [0.25, 0.3) is 0 Å². The van der Waals surface area contributed by atoms with Crippen LogP contribution in [-0.4, -0.2) is 61.0 Å². The van der Waals surface area contributed by atoms with Crippen LogP contribution in [0.25, 0.3) is 10.9 Å². The minimum absolute atomic E-state index is 0.102. The Kier molecular flexibility index (Phi) is 10.2. The number of anilines is 1. The largest absolute Gasteiger partial charge is 0.493 e. The van der Waals surface area contributed by atoms with Gasteiger partial charge in [0.05, 0.1) is 25.4 Å². The molecule has 0 fully saturated rings. The highest BCUT2D eigenvalue weighted by molar-refractivity contribution is 5.89. The van der Waals surface area contributed by atoms with E-state index in [-0.39, 0.29) is 6.04 Å². The van der Waals surface area contributed by atoms with Crippen LogP contribution in [0.4, 0.5) is 10.5 Å². The van der Waals surface area contributed by atoms with Crippen LogP contribution >= 0.6 is 0 Å². The molecule has 8 nitrogen and oxygen atoms in total. The highest BCUT2D eigenvalue weighted by atomic mass is 16.5. The molecule has 0 spiro atoms. The first kappa shape index (κ1) is 29.0. The van der Waals surface area contributed by atoms with Gasteiger partial charge in [-0.2, -0.15) is 0 Å². The zero-order valence-electron chi connectivity index (χ0n) is 23.7. The van der Waals surface area contributed by atoms with E-state index in [0.29, 0.717) is 28.7 Å². The van der Waals surface area contributed by atoms with Gasteiger partial charge in [-0.15, -0.1) is 0 Å². The van der Waals surface area contributed by atoms with Crippen molar-refractivity contribution in [2.24, 2.45) is 0 Å². The fraction of sp³-hybridized carbons (Fsp3) is 0.467. The Hall–Kier alpha value is -3.52. The number of ether oxygens (including phenoxy) is 3. The molecule has 0 radical (unpaired) electrons. The number of amides is 1. The number of aromatic nitrogens is 1. The van der Waals surface area contributed by atoms with Gasteiger partial charge < -0.3 is 24.2 Å². The number of fused-ring (bicyclic) bond motifs is 1. The third-order valence-corrected chi connectivity index (χ3v) is 7.26. The lowest BCUT2D eigenvalue weighted by atomic mass is 10.0. The first-order valence-corrected chi connectivity index (χ1v) is 13.3. The summed E-state index contributed by atoms with van der Waals surface area (Å²) in [6, 6.07) is 9.09. The number of nitrogens with zero attached hydrogens (tertiary/aromatic N) is 3. The van der Waals surface area contributed by atoms with E-state index in [4.69, 9.17) is 14.2 Å². The molecule has 3 rings (SSSR count). The Morgan fingerprint density at radius 1 is 0.921 bits per heavy atom. The van der Waals surface area contributed by atoms with Gasteiger partial charge in [-0.1, -0.05) is 27.2 Å². The number of hydrogen-bond acceptors (Lipinski definition) is 6. The van der Waals surface area contributed by atoms with Crippen LogP contribution in [0.15, 0.2) is 36.5 Å². The van der Waals surface area contributed by atoms with Crippen LogP contribution < -0.4 is 19.1 Å². The monoisotopic (exact) mass is 523 g/mol. The quantitative estimate of drug-likeness (QED) is 0.257. The summed E-state index contributed by atoms with van der Waals surface area (Å²) in [5, 5.41) is 11.1. The molecule has 0 aliphatic rings. The third kappa shape index (κ3) is 6.30. The average molecular weight is 524 g/mol. The number of pyridine rings is 1. The van der Waals surface area contributed by atoms with Crippen LogP contribution in [0.1, 0.15) is 51.2 Å². The van der Waals surface area contributed by atoms with Crippen molar-refractivity contribution < 1.29 is 24.1 Å². The number of hydrogen-bond donors (Lipinski definition) is 1. The van der Waals surface area contributed by atoms with Crippen LogP contribution in [-0.2, 0) is 0 Å². The van der Waals surface area contributed by atoms with Crippen molar-refractivity contribution in [3.8, 4) is 23.0 Å². The summed E-state index contributed by atoms with van der Waals surface area (Å²) in [6.07, 6.45) is 3.26. The van der Waals surface area contributed by atoms with Gasteiger partial charge in [0.15, 0.2) is 11.5 Å². The van der Waals surface area contributed by atoms with E-state index < -0.39 is 6.09 Å². The van der Waals surface area contributed by atoms with Crippen LogP contribution in [0, 0.1) is 13.8 Å². The minimum Gasteiger partial charge on any atom is -0.493 e. The van der Waals surface area contributed by atoms with Gasteiger partial charge in [-0.25, -0.2) is 4.79 Å². The maximum absolute atomic E-state index is 12.6. The molecule has 0 saturated heterocycles. The van der Waals surface area contributed by atoms with Crippen LogP contribution in [0.3, 0.4) is 0 Å². The molecule has 1 aromatic heterocycles. The van der Waals surface area contributed by atoms with Crippen molar-refractivity contribution in [2.45, 2.75) is 59.9 Å². The third-order valence-electron chi connectivity index (χ3n) is 7.26. The fourth-order valence-corrected chi connectivity index (χ4v) is 4.87. The number of methoxy groups -OCH3 is 2. The Balaban J connectivity index is 1.97. The fourth-order valence-electron chi connectivity index (χ4n) is 4.87. The molecule has 0 saturated carbocycles. The van der Waals surface area contributed by atoms with Crippen LogP contribution in [0.2, 0.25) is 0 Å². The van der Waals surface area contributed by atoms with E-state index in [0.717, 1.165) is 60.9 Å². The number of carboxylic acid groups (broad SMARTS) is 1. The number of rotatable bonds is 13. The molecule has 206 valence electrons. The Morgan fingerprint density at radius 2 is 1.61 bits per heavy atom. The summed E-state index contributed by atoms with van der Waals surface area (Å²) in [4.78, 5) is 20.9. The van der Waals surface area contributed by atoms with E-state index in [9.17, 15) is 9.90 Å². The number of benzene rings is 2. The molecule has 0 aliphatic carbocycles. The Bertz CT molecular complexity index is 1240. The summed E-state index contributed by atoms with van der Waals surface area (Å²) in [6.45, 7) is 13.1. The lowest BCUT2D eigenvalue weighted by molar-refractivity contribution is 0.196. The van der Waals surface area contributed by atoms with Crippen LogP contribution in [0.5, 0.6) is 23.0 Å². The molecule has 0 bridgehead atoms. The molecule has 8 heteroatoms. The maximum Gasteiger partial charge on any atom is 0.412 e. The molecule has 1 N–H and O–H groups in total. The van der Waals surface area contributed by atoms with Gasteiger partial charge in [-0.05, 0) is 75.2 Å². The van der Waals surface area contributed by atoms with E-state index in [2.05, 4.69) is 30.7 Å². The second kappa shape index (κ2) is 13.3. The molecule has 1 amide bonds. The highest BCUT2D eigenvalue weighted by Crippen LogP contribution is 2.39. The van der Waals surface area contributed by atoms with Crippen molar-refractivity contribution >= 4 is 22.7 Å². The topological polar surface area (TPSA) is 84.4 Å². The molecule has 3 aromatic rings. The lowest BCUT2D eigenvalue weighted by Gasteiger charge is -2.33. The van der Waals surface area contributed by atoms with Crippen molar-refractivity contribution in [1.29, 1.82) is 0 Å². The SMILES string of the molecule is CCCC(CCN(CC)CC)N(C(=O)O)c1ccc(Oc2ccnc3cc(OC)c(OC)cc23)c(C)c1C. The molecule has 38 heavy (non-hydrogen) atoms. The average Bonchev–Trinajstić information content (AvgIpc) is 2.92.